The molecule has 36 heavy (non-hydrogen) atoms. The maximum absolute atomic E-state index is 5.52. The summed E-state index contributed by atoms with van der Waals surface area (Å²) < 4.78 is 11.0. The van der Waals surface area contributed by atoms with Gasteiger partial charge in [-0.2, -0.15) is 0 Å². The second-order valence-corrected chi connectivity index (χ2v) is 9.30. The number of nitrogens with zero attached hydrogens (tertiary/aromatic N) is 3. The molecule has 0 saturated carbocycles. The molecule has 0 bridgehead atoms. The maximum Gasteiger partial charge on any atom is 0.0642 e. The third-order valence-electron chi connectivity index (χ3n) is 6.95. The van der Waals surface area contributed by atoms with Crippen LogP contribution in [0.5, 0.6) is 0 Å². The number of ether oxygens (including phenoxy) is 2. The first kappa shape index (κ1) is 26.1. The molecule has 0 spiro atoms. The van der Waals surface area contributed by atoms with Crippen LogP contribution in [0.2, 0.25) is 0 Å². The summed E-state index contributed by atoms with van der Waals surface area (Å²) in [7, 11) is 4.17. The Bertz CT molecular complexity index is 975. The Balaban J connectivity index is 0.00000148. The van der Waals surface area contributed by atoms with E-state index in [1.165, 1.54) is 33.8 Å². The van der Waals surface area contributed by atoms with Gasteiger partial charge in [-0.1, -0.05) is 50.2 Å². The van der Waals surface area contributed by atoms with Gasteiger partial charge in [-0.3, -0.25) is 0 Å². The van der Waals surface area contributed by atoms with Crippen LogP contribution in [0.1, 0.15) is 36.5 Å². The van der Waals surface area contributed by atoms with Gasteiger partial charge >= 0.3 is 0 Å². The van der Waals surface area contributed by atoms with Crippen molar-refractivity contribution in [1.82, 2.24) is 0 Å². The topological polar surface area (TPSA) is 28.2 Å². The lowest BCUT2D eigenvalue weighted by Crippen LogP contribution is -2.36. The lowest BCUT2D eigenvalue weighted by atomic mass is 9.85. The third-order valence-corrected chi connectivity index (χ3v) is 6.95. The summed E-state index contributed by atoms with van der Waals surface area (Å²) in [5.41, 5.74) is 7.70. The monoisotopic (exact) mass is 487 g/mol. The quantitative estimate of drug-likeness (QED) is 0.420. The van der Waals surface area contributed by atoms with Crippen molar-refractivity contribution in [2.75, 3.05) is 81.4 Å². The molecule has 3 aromatic carbocycles. The van der Waals surface area contributed by atoms with E-state index in [4.69, 9.17) is 9.47 Å². The van der Waals surface area contributed by atoms with E-state index in [9.17, 15) is 0 Å². The second-order valence-electron chi connectivity index (χ2n) is 9.30. The van der Waals surface area contributed by atoms with Crippen molar-refractivity contribution in [3.8, 4) is 0 Å². The Morgan fingerprint density at radius 2 is 0.889 bits per heavy atom. The van der Waals surface area contributed by atoms with Crippen LogP contribution in [0.15, 0.2) is 72.8 Å². The fourth-order valence-corrected chi connectivity index (χ4v) is 4.94. The first-order valence-electron chi connectivity index (χ1n) is 13.3. The summed E-state index contributed by atoms with van der Waals surface area (Å²) in [6.07, 6.45) is 0. The summed E-state index contributed by atoms with van der Waals surface area (Å²) in [4.78, 5) is 6.96. The molecule has 5 heteroatoms. The smallest absolute Gasteiger partial charge is 0.0642 e. The minimum absolute atomic E-state index is 0.189. The molecule has 0 N–H and O–H groups in total. The second kappa shape index (κ2) is 12.8. The van der Waals surface area contributed by atoms with E-state index >= 15 is 0 Å². The van der Waals surface area contributed by atoms with Gasteiger partial charge < -0.3 is 24.2 Å². The number of rotatable bonds is 6. The standard InChI is InChI=1S/C29H35N3O2.C2H6/c1-30(2)26-9-3-23(4-10-26)29(24-5-11-27(12-6-24)31-15-19-33-20-16-31)25-7-13-28(14-8-25)32-17-21-34-22-18-32;1-2/h3-14,29H,15-22H2,1-2H3;1-2H3. The molecule has 3 aromatic rings. The summed E-state index contributed by atoms with van der Waals surface area (Å²) in [5, 5.41) is 0. The van der Waals surface area contributed by atoms with Crippen LogP contribution < -0.4 is 14.7 Å². The number of benzene rings is 3. The van der Waals surface area contributed by atoms with Crippen LogP contribution in [0, 0.1) is 0 Å². The number of morpholine rings is 2. The summed E-state index contributed by atoms with van der Waals surface area (Å²) in [6, 6.07) is 27.2. The van der Waals surface area contributed by atoms with Crippen molar-refractivity contribution in [2.45, 2.75) is 19.8 Å². The van der Waals surface area contributed by atoms with Crippen molar-refractivity contribution in [3.63, 3.8) is 0 Å². The van der Waals surface area contributed by atoms with E-state index in [1.807, 2.05) is 13.8 Å². The van der Waals surface area contributed by atoms with Crippen LogP contribution in [-0.2, 0) is 9.47 Å². The molecule has 0 aromatic heterocycles. The molecule has 5 rings (SSSR count). The molecule has 2 fully saturated rings. The predicted molar refractivity (Wildman–Crippen MR) is 152 cm³/mol. The molecular formula is C31H41N3O2. The van der Waals surface area contributed by atoms with Gasteiger partial charge in [0.25, 0.3) is 0 Å². The van der Waals surface area contributed by atoms with E-state index in [-0.39, 0.29) is 5.92 Å². The van der Waals surface area contributed by atoms with Gasteiger partial charge in [-0.25, -0.2) is 0 Å². The molecule has 0 radical (unpaired) electrons. The van der Waals surface area contributed by atoms with Gasteiger partial charge in [0, 0.05) is 63.3 Å². The zero-order valence-electron chi connectivity index (χ0n) is 22.3. The van der Waals surface area contributed by atoms with Crippen molar-refractivity contribution in [1.29, 1.82) is 0 Å². The van der Waals surface area contributed by atoms with Gasteiger partial charge in [0.05, 0.1) is 26.4 Å². The average Bonchev–Trinajstić information content (AvgIpc) is 2.96. The Kier molecular flexibility index (Phi) is 9.26. The maximum atomic E-state index is 5.52. The minimum Gasteiger partial charge on any atom is -0.378 e. The van der Waals surface area contributed by atoms with Crippen LogP contribution in [0.25, 0.3) is 0 Å². The van der Waals surface area contributed by atoms with Gasteiger partial charge in [-0.05, 0) is 53.1 Å². The number of hydrogen-bond acceptors (Lipinski definition) is 5. The molecule has 2 heterocycles. The Labute approximate surface area is 217 Å². The highest BCUT2D eigenvalue weighted by molar-refractivity contribution is 5.56. The zero-order valence-corrected chi connectivity index (χ0v) is 22.3. The first-order valence-corrected chi connectivity index (χ1v) is 13.3. The van der Waals surface area contributed by atoms with Crippen molar-refractivity contribution in [3.05, 3.63) is 89.5 Å². The van der Waals surface area contributed by atoms with Gasteiger partial charge in [0.1, 0.15) is 0 Å². The van der Waals surface area contributed by atoms with Gasteiger partial charge in [0.2, 0.25) is 0 Å². The van der Waals surface area contributed by atoms with E-state index in [0.29, 0.717) is 0 Å². The highest BCUT2D eigenvalue weighted by Crippen LogP contribution is 2.35. The van der Waals surface area contributed by atoms with Crippen molar-refractivity contribution in [2.24, 2.45) is 0 Å². The summed E-state index contributed by atoms with van der Waals surface area (Å²) in [5.74, 6) is 0.189. The Hall–Kier alpha value is -3.02. The highest BCUT2D eigenvalue weighted by Gasteiger charge is 2.19. The molecule has 0 amide bonds. The first-order chi connectivity index (χ1) is 17.7. The molecule has 5 nitrogen and oxygen atoms in total. The Morgan fingerprint density at radius 1 is 0.556 bits per heavy atom. The lowest BCUT2D eigenvalue weighted by molar-refractivity contribution is 0.122. The third kappa shape index (κ3) is 6.21. The molecule has 2 saturated heterocycles. The highest BCUT2D eigenvalue weighted by atomic mass is 16.5. The van der Waals surface area contributed by atoms with E-state index in [0.717, 1.165) is 52.6 Å². The zero-order chi connectivity index (χ0) is 25.3. The fourth-order valence-electron chi connectivity index (χ4n) is 4.94. The fraction of sp³-hybridized carbons (Fsp3) is 0.419. The largest absolute Gasteiger partial charge is 0.378 e. The van der Waals surface area contributed by atoms with Crippen LogP contribution in [-0.4, -0.2) is 66.7 Å². The molecule has 0 atom stereocenters. The van der Waals surface area contributed by atoms with Crippen LogP contribution in [0.3, 0.4) is 0 Å². The Morgan fingerprint density at radius 3 is 1.22 bits per heavy atom. The molecule has 0 unspecified atom stereocenters. The van der Waals surface area contributed by atoms with Crippen LogP contribution >= 0.6 is 0 Å². The summed E-state index contributed by atoms with van der Waals surface area (Å²) in [6.45, 7) is 11.0. The normalized spacial score (nSPS) is 15.9. The number of anilines is 3. The van der Waals surface area contributed by atoms with Crippen LogP contribution in [0.4, 0.5) is 17.1 Å². The molecular weight excluding hydrogens is 446 g/mol. The number of hydrogen-bond donors (Lipinski definition) is 0. The molecule has 2 aliphatic heterocycles. The van der Waals surface area contributed by atoms with E-state index < -0.39 is 0 Å². The van der Waals surface area contributed by atoms with E-state index in [1.54, 1.807) is 0 Å². The lowest BCUT2D eigenvalue weighted by Gasteiger charge is -2.30. The molecule has 192 valence electrons. The average molecular weight is 488 g/mol. The SMILES string of the molecule is CC.CN(C)c1ccc(C(c2ccc(N3CCOCC3)cc2)c2ccc(N3CCOCC3)cc2)cc1. The minimum atomic E-state index is 0.189. The van der Waals surface area contributed by atoms with Gasteiger partial charge in [-0.15, -0.1) is 0 Å². The van der Waals surface area contributed by atoms with E-state index in [2.05, 4.69) is 102 Å². The molecule has 2 aliphatic rings. The molecule has 0 aliphatic carbocycles. The summed E-state index contributed by atoms with van der Waals surface area (Å²) >= 11 is 0. The van der Waals surface area contributed by atoms with Crippen molar-refractivity contribution < 1.29 is 9.47 Å². The van der Waals surface area contributed by atoms with Crippen molar-refractivity contribution >= 4 is 17.1 Å². The van der Waals surface area contributed by atoms with Gasteiger partial charge in [0.15, 0.2) is 0 Å². The predicted octanol–water partition coefficient (Wildman–Crippen LogP) is 5.63.